The molecule has 0 bridgehead atoms. The molecule has 0 spiro atoms. The van der Waals surface area contributed by atoms with Gasteiger partial charge in [-0.1, -0.05) is 29.3 Å². The molecular weight excluding hydrogens is 438 g/mol. The molecule has 2 aromatic carbocycles. The second-order valence-corrected chi connectivity index (χ2v) is 9.36. The number of benzene rings is 2. The molecule has 4 rings (SSSR count). The van der Waals surface area contributed by atoms with E-state index in [4.69, 9.17) is 16.3 Å². The third-order valence-electron chi connectivity index (χ3n) is 6.53. The predicted octanol–water partition coefficient (Wildman–Crippen LogP) is 3.72. The van der Waals surface area contributed by atoms with E-state index in [-0.39, 0.29) is 17.7 Å². The third kappa shape index (κ3) is 6.27. The second kappa shape index (κ2) is 11.0. The molecule has 2 saturated heterocycles. The van der Waals surface area contributed by atoms with Crippen LogP contribution in [0.15, 0.2) is 48.5 Å². The number of carbonyl (C=O) groups is 2. The quantitative estimate of drug-likeness (QED) is 0.647. The summed E-state index contributed by atoms with van der Waals surface area (Å²) < 4.78 is 5.79. The molecule has 2 aliphatic heterocycles. The van der Waals surface area contributed by atoms with Gasteiger partial charge < -0.3 is 14.5 Å². The molecule has 176 valence electrons. The minimum Gasteiger partial charge on any atom is -0.492 e. The highest BCUT2D eigenvalue weighted by molar-refractivity contribution is 6.30. The van der Waals surface area contributed by atoms with E-state index in [1.807, 2.05) is 65.3 Å². The number of ether oxygens (including phenoxy) is 1. The van der Waals surface area contributed by atoms with Crippen LogP contribution in [0.1, 0.15) is 28.8 Å². The van der Waals surface area contributed by atoms with Crippen LogP contribution in [0.2, 0.25) is 5.02 Å². The van der Waals surface area contributed by atoms with Gasteiger partial charge in [-0.3, -0.25) is 14.5 Å². The van der Waals surface area contributed by atoms with Crippen LogP contribution in [0.25, 0.3) is 0 Å². The zero-order valence-corrected chi connectivity index (χ0v) is 20.0. The van der Waals surface area contributed by atoms with Crippen LogP contribution >= 0.6 is 11.6 Å². The number of hydrogen-bond donors (Lipinski definition) is 0. The van der Waals surface area contributed by atoms with E-state index in [0.717, 1.165) is 63.4 Å². The van der Waals surface area contributed by atoms with Crippen LogP contribution in [0.4, 0.5) is 0 Å². The maximum Gasteiger partial charge on any atom is 0.253 e. The fourth-order valence-electron chi connectivity index (χ4n) is 4.52. The van der Waals surface area contributed by atoms with Crippen LogP contribution < -0.4 is 4.74 Å². The molecule has 2 amide bonds. The van der Waals surface area contributed by atoms with Crippen molar-refractivity contribution >= 4 is 23.4 Å². The van der Waals surface area contributed by atoms with Crippen molar-refractivity contribution in [3.05, 3.63) is 64.7 Å². The molecule has 6 nitrogen and oxygen atoms in total. The van der Waals surface area contributed by atoms with Gasteiger partial charge in [0, 0.05) is 56.4 Å². The number of rotatable bonds is 6. The van der Waals surface area contributed by atoms with E-state index in [9.17, 15) is 9.59 Å². The summed E-state index contributed by atoms with van der Waals surface area (Å²) in [4.78, 5) is 32.2. The molecule has 33 heavy (non-hydrogen) atoms. The largest absolute Gasteiger partial charge is 0.492 e. The van der Waals surface area contributed by atoms with E-state index in [0.29, 0.717) is 23.7 Å². The Morgan fingerprint density at radius 2 is 1.64 bits per heavy atom. The monoisotopic (exact) mass is 469 g/mol. The van der Waals surface area contributed by atoms with Crippen LogP contribution in [-0.2, 0) is 4.79 Å². The van der Waals surface area contributed by atoms with Crippen molar-refractivity contribution in [3.8, 4) is 5.75 Å². The molecule has 1 atom stereocenters. The first-order valence-corrected chi connectivity index (χ1v) is 12.1. The predicted molar refractivity (Wildman–Crippen MR) is 130 cm³/mol. The van der Waals surface area contributed by atoms with E-state index < -0.39 is 0 Å². The summed E-state index contributed by atoms with van der Waals surface area (Å²) in [6.45, 7) is 7.81. The van der Waals surface area contributed by atoms with E-state index in [1.54, 1.807) is 0 Å². The molecular formula is C26H32ClN3O3. The Balaban J connectivity index is 1.22. The Bertz CT molecular complexity index is 940. The maximum absolute atomic E-state index is 13.2. The lowest BCUT2D eigenvalue weighted by Crippen LogP contribution is -2.53. The molecule has 2 heterocycles. The number of carbonyl (C=O) groups excluding carboxylic acids is 2. The first-order valence-electron chi connectivity index (χ1n) is 11.7. The number of amides is 2. The van der Waals surface area contributed by atoms with Gasteiger partial charge in [0.05, 0.1) is 5.92 Å². The van der Waals surface area contributed by atoms with E-state index in [2.05, 4.69) is 4.90 Å². The molecule has 0 aliphatic carbocycles. The molecule has 0 radical (unpaired) electrons. The summed E-state index contributed by atoms with van der Waals surface area (Å²) in [6, 6.07) is 15.0. The standard InChI is InChI=1S/C26H32ClN3O3/c1-20-4-6-21(7-5-20)25(31)30-12-2-3-22(19-30)26(32)29-15-13-28(14-16-29)17-18-33-24-10-8-23(27)9-11-24/h4-11,22H,2-3,12-19H2,1H3. The summed E-state index contributed by atoms with van der Waals surface area (Å²) in [7, 11) is 0. The smallest absolute Gasteiger partial charge is 0.253 e. The van der Waals surface area contributed by atoms with Crippen molar-refractivity contribution in [2.75, 3.05) is 52.4 Å². The van der Waals surface area contributed by atoms with Crippen LogP contribution in [0.5, 0.6) is 5.75 Å². The van der Waals surface area contributed by atoms with Crippen molar-refractivity contribution in [1.82, 2.24) is 14.7 Å². The Kier molecular flexibility index (Phi) is 7.89. The van der Waals surface area contributed by atoms with Crippen molar-refractivity contribution in [2.45, 2.75) is 19.8 Å². The van der Waals surface area contributed by atoms with Gasteiger partial charge in [0.25, 0.3) is 5.91 Å². The fraction of sp³-hybridized carbons (Fsp3) is 0.462. The number of aryl methyl sites for hydroxylation is 1. The van der Waals surface area contributed by atoms with Crippen molar-refractivity contribution in [1.29, 1.82) is 0 Å². The number of likely N-dealkylation sites (tertiary alicyclic amines) is 1. The molecule has 7 heteroatoms. The molecule has 2 aliphatic rings. The lowest BCUT2D eigenvalue weighted by atomic mass is 9.95. The average Bonchev–Trinajstić information content (AvgIpc) is 2.85. The topological polar surface area (TPSA) is 53.1 Å². The van der Waals surface area contributed by atoms with Gasteiger partial charge in [0.2, 0.25) is 5.91 Å². The first kappa shape index (κ1) is 23.6. The maximum atomic E-state index is 13.2. The van der Waals surface area contributed by atoms with Crippen molar-refractivity contribution < 1.29 is 14.3 Å². The molecule has 0 N–H and O–H groups in total. The number of halogens is 1. The Labute approximate surface area is 201 Å². The minimum atomic E-state index is -0.104. The van der Waals surface area contributed by atoms with E-state index >= 15 is 0 Å². The van der Waals surface area contributed by atoms with Gasteiger partial charge >= 0.3 is 0 Å². The number of hydrogen-bond acceptors (Lipinski definition) is 4. The lowest BCUT2D eigenvalue weighted by molar-refractivity contribution is -0.138. The second-order valence-electron chi connectivity index (χ2n) is 8.93. The molecule has 2 fully saturated rings. The van der Waals surface area contributed by atoms with Gasteiger partial charge in [0.15, 0.2) is 0 Å². The first-order chi connectivity index (χ1) is 16.0. The summed E-state index contributed by atoms with van der Waals surface area (Å²) in [5.74, 6) is 0.926. The summed E-state index contributed by atoms with van der Waals surface area (Å²) >= 11 is 5.90. The summed E-state index contributed by atoms with van der Waals surface area (Å²) in [5, 5.41) is 0.698. The zero-order chi connectivity index (χ0) is 23.2. The molecule has 0 aromatic heterocycles. The van der Waals surface area contributed by atoms with Crippen LogP contribution in [0, 0.1) is 12.8 Å². The highest BCUT2D eigenvalue weighted by Gasteiger charge is 2.32. The molecule has 2 aromatic rings. The van der Waals surface area contributed by atoms with Gasteiger partial charge in [-0.25, -0.2) is 0 Å². The summed E-state index contributed by atoms with van der Waals surface area (Å²) in [6.07, 6.45) is 1.72. The fourth-order valence-corrected chi connectivity index (χ4v) is 4.64. The minimum absolute atomic E-state index is 0.0259. The molecule has 0 saturated carbocycles. The van der Waals surface area contributed by atoms with Gasteiger partial charge in [-0.15, -0.1) is 0 Å². The zero-order valence-electron chi connectivity index (χ0n) is 19.2. The normalized spacial score (nSPS) is 19.4. The summed E-state index contributed by atoms with van der Waals surface area (Å²) in [5.41, 5.74) is 1.83. The lowest BCUT2D eigenvalue weighted by Gasteiger charge is -2.39. The average molecular weight is 470 g/mol. The van der Waals surface area contributed by atoms with E-state index in [1.165, 1.54) is 0 Å². The molecule has 1 unspecified atom stereocenters. The van der Waals surface area contributed by atoms with Crippen molar-refractivity contribution in [3.63, 3.8) is 0 Å². The van der Waals surface area contributed by atoms with Gasteiger partial charge in [-0.2, -0.15) is 0 Å². The number of nitrogens with zero attached hydrogens (tertiary/aromatic N) is 3. The highest BCUT2D eigenvalue weighted by atomic mass is 35.5. The Hall–Kier alpha value is -2.57. The van der Waals surface area contributed by atoms with Crippen LogP contribution in [-0.4, -0.2) is 78.9 Å². The van der Waals surface area contributed by atoms with Crippen molar-refractivity contribution in [2.24, 2.45) is 5.92 Å². The third-order valence-corrected chi connectivity index (χ3v) is 6.78. The van der Waals surface area contributed by atoms with Gasteiger partial charge in [-0.05, 0) is 56.2 Å². The SMILES string of the molecule is Cc1ccc(C(=O)N2CCCC(C(=O)N3CCN(CCOc4ccc(Cl)cc4)CC3)C2)cc1. The Morgan fingerprint density at radius 1 is 0.939 bits per heavy atom. The van der Waals surface area contributed by atoms with Crippen LogP contribution in [0.3, 0.4) is 0 Å². The Morgan fingerprint density at radius 3 is 2.33 bits per heavy atom. The van der Waals surface area contributed by atoms with Gasteiger partial charge in [0.1, 0.15) is 12.4 Å². The number of piperidine rings is 1. The highest BCUT2D eigenvalue weighted by Crippen LogP contribution is 2.22. The number of piperazine rings is 1.